The monoisotopic (exact) mass is 471 g/mol. The summed E-state index contributed by atoms with van der Waals surface area (Å²) >= 11 is 0. The second kappa shape index (κ2) is 8.20. The van der Waals surface area contributed by atoms with E-state index in [1.54, 1.807) is 24.3 Å². The van der Waals surface area contributed by atoms with Crippen LogP contribution < -0.4 is 14.9 Å². The van der Waals surface area contributed by atoms with Gasteiger partial charge < -0.3 is 18.6 Å². The summed E-state index contributed by atoms with van der Waals surface area (Å²) in [7, 11) is -1.73. The fraction of sp³-hybridized carbons (Fsp3) is 0.304. The van der Waals surface area contributed by atoms with E-state index in [0.717, 1.165) is 0 Å². The van der Waals surface area contributed by atoms with Crippen molar-refractivity contribution in [2.24, 2.45) is 0 Å². The minimum Gasteiger partial charge on any atom is -0.478 e. The Morgan fingerprint density at radius 2 is 1.94 bits per heavy atom. The van der Waals surface area contributed by atoms with Crippen molar-refractivity contribution in [3.05, 3.63) is 64.0 Å². The zero-order valence-electron chi connectivity index (χ0n) is 17.8. The maximum absolute atomic E-state index is 13.1. The number of hydrogen-bond acceptors (Lipinski definition) is 9. The largest absolute Gasteiger partial charge is 0.478 e. The van der Waals surface area contributed by atoms with Crippen molar-refractivity contribution < 1.29 is 31.8 Å². The second-order valence-electron chi connectivity index (χ2n) is 8.04. The van der Waals surface area contributed by atoms with Crippen LogP contribution in [0.2, 0.25) is 0 Å². The Morgan fingerprint density at radius 1 is 1.15 bits per heavy atom. The van der Waals surface area contributed by atoms with Crippen LogP contribution in [-0.4, -0.2) is 50.7 Å². The van der Waals surface area contributed by atoms with Crippen molar-refractivity contribution in [2.75, 3.05) is 25.3 Å². The van der Waals surface area contributed by atoms with Crippen LogP contribution in [-0.2, 0) is 21.1 Å². The Bertz CT molecular complexity index is 1390. The number of nitrogens with zero attached hydrogens (tertiary/aromatic N) is 1. The molecule has 2 aromatic carbocycles. The van der Waals surface area contributed by atoms with E-state index in [1.807, 2.05) is 4.90 Å². The van der Waals surface area contributed by atoms with Gasteiger partial charge in [0.2, 0.25) is 11.2 Å². The predicted molar refractivity (Wildman–Crippen MR) is 118 cm³/mol. The third kappa shape index (κ3) is 4.07. The molecule has 0 bridgehead atoms. The molecular weight excluding hydrogens is 450 g/mol. The van der Waals surface area contributed by atoms with Crippen molar-refractivity contribution in [3.8, 4) is 17.2 Å². The summed E-state index contributed by atoms with van der Waals surface area (Å²) in [5.74, 6) is 0.783. The lowest BCUT2D eigenvalue weighted by Crippen LogP contribution is -2.41. The van der Waals surface area contributed by atoms with Crippen LogP contribution in [0.15, 0.2) is 51.9 Å². The van der Waals surface area contributed by atoms with Gasteiger partial charge in [0.15, 0.2) is 9.84 Å². The molecular formula is C23H21NO8S. The van der Waals surface area contributed by atoms with Gasteiger partial charge in [-0.15, -0.1) is 0 Å². The van der Waals surface area contributed by atoms with E-state index in [4.69, 9.17) is 13.9 Å². The summed E-state index contributed by atoms with van der Waals surface area (Å²) < 4.78 is 45.7. The molecule has 1 fully saturated rings. The van der Waals surface area contributed by atoms with Crippen molar-refractivity contribution in [3.63, 3.8) is 0 Å². The Hall–Kier alpha value is -3.37. The van der Waals surface area contributed by atoms with Crippen LogP contribution in [0.1, 0.15) is 22.3 Å². The molecule has 33 heavy (non-hydrogen) atoms. The second-order valence-corrected chi connectivity index (χ2v) is 10.3. The molecule has 172 valence electrons. The zero-order chi connectivity index (χ0) is 23.2. The number of benzene rings is 2. The SMILES string of the molecule is COC(=O)c1ccc(Oc2coc3c4c(ccc3c2=O)OCN(C2CCS(=O)(=O)C2)C4)cc1. The van der Waals surface area contributed by atoms with E-state index >= 15 is 0 Å². The first-order chi connectivity index (χ1) is 15.8. The highest BCUT2D eigenvalue weighted by Gasteiger charge is 2.35. The molecule has 0 amide bonds. The number of rotatable bonds is 4. The Morgan fingerprint density at radius 3 is 2.64 bits per heavy atom. The third-order valence-electron chi connectivity index (χ3n) is 5.94. The smallest absolute Gasteiger partial charge is 0.337 e. The third-order valence-corrected chi connectivity index (χ3v) is 7.70. The van der Waals surface area contributed by atoms with Crippen LogP contribution in [0.3, 0.4) is 0 Å². The van der Waals surface area contributed by atoms with E-state index in [1.165, 1.54) is 25.5 Å². The summed E-state index contributed by atoms with van der Waals surface area (Å²) in [6.45, 7) is 0.705. The summed E-state index contributed by atoms with van der Waals surface area (Å²) in [4.78, 5) is 26.6. The number of sulfone groups is 1. The number of carbonyl (C=O) groups is 1. The lowest BCUT2D eigenvalue weighted by Gasteiger charge is -2.33. The Kier molecular flexibility index (Phi) is 5.34. The van der Waals surface area contributed by atoms with Crippen molar-refractivity contribution in [1.82, 2.24) is 4.90 Å². The molecule has 0 saturated carbocycles. The van der Waals surface area contributed by atoms with Gasteiger partial charge in [0.1, 0.15) is 30.1 Å². The van der Waals surface area contributed by atoms with Gasteiger partial charge in [-0.3, -0.25) is 9.69 Å². The molecule has 2 aliphatic heterocycles. The molecule has 1 atom stereocenters. The summed E-state index contributed by atoms with van der Waals surface area (Å²) in [5.41, 5.74) is 1.10. The molecule has 0 radical (unpaired) electrons. The van der Waals surface area contributed by atoms with Gasteiger partial charge in [-0.05, 0) is 42.8 Å². The summed E-state index contributed by atoms with van der Waals surface area (Å²) in [6.07, 6.45) is 1.81. The first-order valence-electron chi connectivity index (χ1n) is 10.4. The van der Waals surface area contributed by atoms with Crippen LogP contribution in [0.25, 0.3) is 11.0 Å². The predicted octanol–water partition coefficient (Wildman–Crippen LogP) is 2.71. The fourth-order valence-electron chi connectivity index (χ4n) is 4.18. The van der Waals surface area contributed by atoms with E-state index in [0.29, 0.717) is 46.6 Å². The average molecular weight is 471 g/mol. The molecule has 5 rings (SSSR count). The minimum atomic E-state index is -3.03. The van der Waals surface area contributed by atoms with Crippen LogP contribution >= 0.6 is 0 Å². The van der Waals surface area contributed by atoms with Crippen molar-refractivity contribution in [1.29, 1.82) is 0 Å². The van der Waals surface area contributed by atoms with Gasteiger partial charge in [0, 0.05) is 12.6 Å². The van der Waals surface area contributed by atoms with Crippen LogP contribution in [0.4, 0.5) is 0 Å². The molecule has 0 N–H and O–H groups in total. The maximum Gasteiger partial charge on any atom is 0.337 e. The number of carbonyl (C=O) groups excluding carboxylic acids is 1. The summed E-state index contributed by atoms with van der Waals surface area (Å²) in [5, 5.41) is 0.335. The fourth-order valence-corrected chi connectivity index (χ4v) is 5.94. The number of hydrogen-bond donors (Lipinski definition) is 0. The first kappa shape index (κ1) is 21.5. The molecule has 2 aliphatic rings. The molecule has 10 heteroatoms. The number of methoxy groups -OCH3 is 1. The highest BCUT2D eigenvalue weighted by molar-refractivity contribution is 7.91. The normalized spacial score (nSPS) is 19.6. The maximum atomic E-state index is 13.1. The minimum absolute atomic E-state index is 0.00346. The highest BCUT2D eigenvalue weighted by Crippen LogP contribution is 2.34. The average Bonchev–Trinajstić information content (AvgIpc) is 3.20. The van der Waals surface area contributed by atoms with Gasteiger partial charge in [-0.25, -0.2) is 13.2 Å². The number of fused-ring (bicyclic) bond motifs is 3. The Balaban J connectivity index is 1.43. The molecule has 9 nitrogen and oxygen atoms in total. The Labute approximate surface area is 189 Å². The van der Waals surface area contributed by atoms with Crippen LogP contribution in [0, 0.1) is 0 Å². The van der Waals surface area contributed by atoms with E-state index in [-0.39, 0.29) is 35.5 Å². The van der Waals surface area contributed by atoms with Crippen molar-refractivity contribution >= 4 is 26.8 Å². The molecule has 3 heterocycles. The van der Waals surface area contributed by atoms with Crippen LogP contribution in [0.5, 0.6) is 17.2 Å². The summed E-state index contributed by atoms with van der Waals surface area (Å²) in [6, 6.07) is 9.41. The first-order valence-corrected chi connectivity index (χ1v) is 12.2. The molecule has 0 spiro atoms. The highest BCUT2D eigenvalue weighted by atomic mass is 32.2. The van der Waals surface area contributed by atoms with E-state index in [2.05, 4.69) is 4.74 Å². The molecule has 0 aliphatic carbocycles. The number of esters is 1. The number of ether oxygens (including phenoxy) is 3. The molecule has 1 aromatic heterocycles. The standard InChI is InChI=1S/C23H21NO8S/c1-29-23(26)14-2-4-16(5-3-14)32-20-11-30-22-17(21(20)25)6-7-19-18(22)10-24(13-31-19)15-8-9-33(27,28)12-15/h2-7,11,15H,8-10,12-13H2,1H3. The lowest BCUT2D eigenvalue weighted by molar-refractivity contribution is 0.0600. The van der Waals surface area contributed by atoms with Crippen molar-refractivity contribution in [2.45, 2.75) is 19.0 Å². The molecule has 3 aromatic rings. The van der Waals surface area contributed by atoms with Gasteiger partial charge >= 0.3 is 5.97 Å². The lowest BCUT2D eigenvalue weighted by atomic mass is 10.1. The molecule has 1 saturated heterocycles. The zero-order valence-corrected chi connectivity index (χ0v) is 18.6. The van der Waals surface area contributed by atoms with Gasteiger partial charge in [0.05, 0.1) is 35.1 Å². The van der Waals surface area contributed by atoms with Gasteiger partial charge in [-0.2, -0.15) is 0 Å². The topological polar surface area (TPSA) is 112 Å². The van der Waals surface area contributed by atoms with E-state index < -0.39 is 15.8 Å². The quantitative estimate of drug-likeness (QED) is 0.530. The molecule has 1 unspecified atom stereocenters. The van der Waals surface area contributed by atoms with Gasteiger partial charge in [0.25, 0.3) is 0 Å². The van der Waals surface area contributed by atoms with E-state index in [9.17, 15) is 18.0 Å². The van der Waals surface area contributed by atoms with Gasteiger partial charge in [-0.1, -0.05) is 0 Å².